The van der Waals surface area contributed by atoms with Gasteiger partial charge in [0.25, 0.3) is 0 Å². The Morgan fingerprint density at radius 3 is 1.38 bits per heavy atom. The third kappa shape index (κ3) is 6.05. The molecule has 0 amide bonds. The molecule has 3 rings (SSSR count). The van der Waals surface area contributed by atoms with Gasteiger partial charge >= 0.3 is 5.45 Å². The summed E-state index contributed by atoms with van der Waals surface area (Å²) >= 11 is 7.24. The van der Waals surface area contributed by atoms with Gasteiger partial charge in [0.2, 0.25) is 5.53 Å². The van der Waals surface area contributed by atoms with E-state index in [1.165, 1.54) is 11.9 Å². The molecule has 0 aromatic rings. The molecule has 1 aliphatic heterocycles. The lowest BCUT2D eigenvalue weighted by molar-refractivity contribution is -0.674. The summed E-state index contributed by atoms with van der Waals surface area (Å²) < 4.78 is 5.44. The van der Waals surface area contributed by atoms with E-state index >= 15 is 0 Å². The summed E-state index contributed by atoms with van der Waals surface area (Å²) in [6, 6.07) is 3.17. The molecular weight excluding hydrogens is 574 g/mol. The standard InChI is InChI=1S/C33H66N6P2S/c1-20(2)35(21(3)4)33(40,36(22(5)6)23(7)8)39-31-29-18-17-28(19-29)30(31)32(34-39)41(42,37(24(9)10)25(11)12)38(26(13)14)27(15)16/h17-18,20-31H,19,40H2,1-16H3/p+1/t28?,29?,30-,31+/m1/s1. The van der Waals surface area contributed by atoms with E-state index in [-0.39, 0.29) is 0 Å². The monoisotopic (exact) mass is 641 g/mol. The maximum Gasteiger partial charge on any atom is 0.332 e. The molecule has 244 valence electrons. The zero-order valence-corrected chi connectivity index (χ0v) is 32.8. The van der Waals surface area contributed by atoms with E-state index in [9.17, 15) is 0 Å². The van der Waals surface area contributed by atoms with Gasteiger partial charge < -0.3 is 12.2 Å². The quantitative estimate of drug-likeness (QED) is 0.106. The molecule has 0 spiro atoms. The van der Waals surface area contributed by atoms with Crippen LogP contribution in [0.4, 0.5) is 0 Å². The molecule has 0 aromatic heterocycles. The molecule has 6 nitrogen and oxygen atoms in total. The van der Waals surface area contributed by atoms with Crippen LogP contribution in [0.3, 0.4) is 0 Å². The molecule has 3 aliphatic rings. The fourth-order valence-corrected chi connectivity index (χ4v) is 17.6. The minimum absolute atomic E-state index is 0.346. The maximum atomic E-state index is 7.24. The third-order valence-corrected chi connectivity index (χ3v) is 16.4. The summed E-state index contributed by atoms with van der Waals surface area (Å²) in [5, 5.41) is 7.00. The zero-order valence-electron chi connectivity index (χ0n) is 30.0. The van der Waals surface area contributed by atoms with Gasteiger partial charge in [0, 0.05) is 54.3 Å². The first kappa shape index (κ1) is 36.7. The number of nitrogens with one attached hydrogen (secondary N) is 1. The molecule has 3 unspecified atom stereocenters. The van der Waals surface area contributed by atoms with Gasteiger partial charge in [-0.2, -0.15) is 9.34 Å². The fraction of sp³-hybridized carbons (Fsp3) is 0.909. The highest BCUT2D eigenvalue weighted by molar-refractivity contribution is 8.46. The number of hydrogen-bond acceptors (Lipinski definition) is 6. The molecule has 1 saturated carbocycles. The average molecular weight is 642 g/mol. The molecule has 1 heterocycles. The lowest BCUT2D eigenvalue weighted by Crippen LogP contribution is -2.92. The number of nitrogens with zero attached hydrogens (tertiary/aromatic N) is 5. The van der Waals surface area contributed by atoms with Gasteiger partial charge in [-0.25, -0.2) is 0 Å². The van der Waals surface area contributed by atoms with Crippen molar-refractivity contribution in [2.24, 2.45) is 17.8 Å². The summed E-state index contributed by atoms with van der Waals surface area (Å²) in [6.45, 7) is 35.3. The summed E-state index contributed by atoms with van der Waals surface area (Å²) in [7, 11) is 3.42. The molecule has 1 N–H and O–H groups in total. The second-order valence-electron chi connectivity index (χ2n) is 15.4. The van der Waals surface area contributed by atoms with Crippen molar-refractivity contribution in [1.82, 2.24) is 24.1 Å². The van der Waals surface area contributed by atoms with Crippen LogP contribution in [-0.2, 0) is 12.2 Å². The second kappa shape index (κ2) is 13.5. The number of rotatable bonds is 14. The third-order valence-electron chi connectivity index (χ3n) is 9.66. The summed E-state index contributed by atoms with van der Waals surface area (Å²) in [5.74, 6) is 1.45. The number of allylic oxidation sites excluding steroid dienone is 1. The number of hydrazone groups is 1. The first-order chi connectivity index (χ1) is 19.3. The minimum Gasteiger partial charge on any atom is -0.507 e. The van der Waals surface area contributed by atoms with Gasteiger partial charge in [-0.15, -0.1) is 5.01 Å². The maximum absolute atomic E-state index is 7.24. The molecule has 2 aliphatic carbocycles. The van der Waals surface area contributed by atoms with E-state index in [2.05, 4.69) is 161 Å². The average Bonchev–Trinajstić information content (AvgIpc) is 3.50. The predicted octanol–water partition coefficient (Wildman–Crippen LogP) is 6.16. The van der Waals surface area contributed by atoms with Gasteiger partial charge in [-0.05, 0) is 123 Å². The Kier molecular flexibility index (Phi) is 11.8. The van der Waals surface area contributed by atoms with E-state index in [0.717, 1.165) is 0 Å². The number of hydrazine groups is 1. The summed E-state index contributed by atoms with van der Waals surface area (Å²) in [6.07, 6.45) is 6.27. The van der Waals surface area contributed by atoms with E-state index in [1.54, 1.807) is 0 Å². The van der Waals surface area contributed by atoms with Crippen LogP contribution in [0.15, 0.2) is 12.2 Å². The lowest BCUT2D eigenvalue weighted by Gasteiger charge is -2.57. The SMILES string of the molecule is CC(C)N(C(C)C)C(P)(N(C(C)C)C(C)C)N1[NH+]=C([P+]([S-])(N(C(C)C)C(C)C)N(C(C)C)C(C)C)[C@@H]2C3C=CC(C3)[C@@H]21. The van der Waals surface area contributed by atoms with Crippen LogP contribution in [0, 0.1) is 17.8 Å². The predicted molar refractivity (Wildman–Crippen MR) is 191 cm³/mol. The highest BCUT2D eigenvalue weighted by Crippen LogP contribution is 2.71. The molecule has 42 heavy (non-hydrogen) atoms. The summed E-state index contributed by atoms with van der Waals surface area (Å²) in [5.41, 5.74) is 0.991. The highest BCUT2D eigenvalue weighted by Gasteiger charge is 2.70. The van der Waals surface area contributed by atoms with Crippen LogP contribution in [-0.4, -0.2) is 89.5 Å². The van der Waals surface area contributed by atoms with Crippen molar-refractivity contribution in [2.45, 2.75) is 177 Å². The normalized spacial score (nSPS) is 25.0. The molecular formula is C33H67N6P2S+. The van der Waals surface area contributed by atoms with Crippen molar-refractivity contribution in [3.8, 4) is 0 Å². The van der Waals surface area contributed by atoms with E-state index in [0.29, 0.717) is 72.1 Å². The Hall–Kier alpha value is 0.260. The van der Waals surface area contributed by atoms with Gasteiger partial charge in [0.15, 0.2) is 0 Å². The Labute approximate surface area is 269 Å². The molecule has 5 atom stereocenters. The second-order valence-corrected chi connectivity index (χ2v) is 20.2. The fourth-order valence-electron chi connectivity index (χ4n) is 9.25. The smallest absolute Gasteiger partial charge is 0.332 e. The molecule has 0 radical (unpaired) electrons. The van der Waals surface area contributed by atoms with Gasteiger partial charge in [-0.1, -0.05) is 26.5 Å². The molecule has 2 bridgehead atoms. The van der Waals surface area contributed by atoms with Crippen molar-refractivity contribution < 1.29 is 5.10 Å². The largest absolute Gasteiger partial charge is 0.507 e. The van der Waals surface area contributed by atoms with Gasteiger partial charge in [0.1, 0.15) is 18.7 Å². The van der Waals surface area contributed by atoms with Crippen molar-refractivity contribution >= 4 is 33.7 Å². The van der Waals surface area contributed by atoms with Crippen molar-refractivity contribution in [3.05, 3.63) is 12.2 Å². The Balaban J connectivity index is 2.45. The van der Waals surface area contributed by atoms with E-state index < -0.39 is 12.3 Å². The lowest BCUT2D eigenvalue weighted by atomic mass is 9.90. The van der Waals surface area contributed by atoms with Crippen molar-refractivity contribution in [1.29, 1.82) is 0 Å². The van der Waals surface area contributed by atoms with E-state index in [1.807, 2.05) is 0 Å². The molecule has 9 heteroatoms. The van der Waals surface area contributed by atoms with Crippen LogP contribution in [0.2, 0.25) is 0 Å². The van der Waals surface area contributed by atoms with Crippen LogP contribution in [0.1, 0.15) is 117 Å². The van der Waals surface area contributed by atoms with Gasteiger partial charge in [0.05, 0.1) is 0 Å². The molecule has 0 saturated heterocycles. The van der Waals surface area contributed by atoms with Crippen LogP contribution in [0.25, 0.3) is 0 Å². The first-order valence-corrected chi connectivity index (χ1v) is 20.2. The Bertz CT molecular complexity index is 906. The van der Waals surface area contributed by atoms with Crippen LogP contribution in [0.5, 0.6) is 0 Å². The van der Waals surface area contributed by atoms with Crippen LogP contribution >= 0.6 is 16.0 Å². The molecule has 1 fully saturated rings. The summed E-state index contributed by atoms with van der Waals surface area (Å²) in [4.78, 5) is 5.43. The minimum atomic E-state index is -2.39. The topological polar surface area (TPSA) is 30.2 Å². The number of fused-ring (bicyclic) bond motifs is 5. The van der Waals surface area contributed by atoms with Gasteiger partial charge in [-0.3, -0.25) is 9.80 Å². The Morgan fingerprint density at radius 2 is 1.05 bits per heavy atom. The molecule has 0 aromatic carbocycles. The van der Waals surface area contributed by atoms with Crippen molar-refractivity contribution in [2.75, 3.05) is 0 Å². The Morgan fingerprint density at radius 1 is 0.690 bits per heavy atom. The van der Waals surface area contributed by atoms with Crippen molar-refractivity contribution in [3.63, 3.8) is 0 Å². The number of hydrogen-bond donors (Lipinski definition) is 1. The first-order valence-electron chi connectivity index (χ1n) is 16.9. The highest BCUT2D eigenvalue weighted by atomic mass is 32.7. The van der Waals surface area contributed by atoms with Crippen LogP contribution < -0.4 is 5.10 Å². The van der Waals surface area contributed by atoms with E-state index in [4.69, 9.17) is 12.2 Å². The zero-order chi connectivity index (χ0) is 32.2.